The molecule has 1 heterocycles. The van der Waals surface area contributed by atoms with Crippen LogP contribution in [-0.2, 0) is 17.8 Å². The van der Waals surface area contributed by atoms with E-state index in [0.717, 1.165) is 17.7 Å². The number of furan rings is 1. The molecule has 1 aromatic rings. The van der Waals surface area contributed by atoms with Crippen molar-refractivity contribution >= 4 is 0 Å². The van der Waals surface area contributed by atoms with Gasteiger partial charge in [-0.2, -0.15) is 0 Å². The third-order valence-corrected chi connectivity index (χ3v) is 2.20. The molecule has 0 saturated heterocycles. The van der Waals surface area contributed by atoms with E-state index in [4.69, 9.17) is 14.3 Å². The van der Waals surface area contributed by atoms with Gasteiger partial charge in [0.1, 0.15) is 5.76 Å². The van der Waals surface area contributed by atoms with E-state index in [1.54, 1.807) is 13.4 Å². The molecule has 0 radical (unpaired) electrons. The number of aliphatic hydroxyl groups is 1. The lowest BCUT2D eigenvalue weighted by molar-refractivity contribution is 0.149. The van der Waals surface area contributed by atoms with E-state index in [1.165, 1.54) is 0 Å². The van der Waals surface area contributed by atoms with E-state index in [-0.39, 0.29) is 12.0 Å². The average Bonchev–Trinajstić information content (AvgIpc) is 2.53. The minimum Gasteiger partial charge on any atom is -0.469 e. The first kappa shape index (κ1) is 11.3. The van der Waals surface area contributed by atoms with E-state index in [1.807, 2.05) is 19.9 Å². The molecule has 0 aliphatic rings. The standard InChI is InChI=1S/C11H18O3/c1-11(2,8-12)6-10-9(7-13-3)4-5-14-10/h4-5,12H,6-8H2,1-3H3. The molecule has 0 atom stereocenters. The monoisotopic (exact) mass is 198 g/mol. The van der Waals surface area contributed by atoms with Gasteiger partial charge in [-0.25, -0.2) is 0 Å². The van der Waals surface area contributed by atoms with Crippen LogP contribution in [0.15, 0.2) is 16.7 Å². The molecule has 0 bridgehead atoms. The Morgan fingerprint density at radius 2 is 2.21 bits per heavy atom. The minimum atomic E-state index is -0.139. The zero-order valence-electron chi connectivity index (χ0n) is 9.04. The lowest BCUT2D eigenvalue weighted by Crippen LogP contribution is -2.20. The maximum atomic E-state index is 9.14. The summed E-state index contributed by atoms with van der Waals surface area (Å²) in [5.41, 5.74) is 0.925. The molecule has 0 amide bonds. The molecule has 0 fully saturated rings. The summed E-state index contributed by atoms with van der Waals surface area (Å²) in [4.78, 5) is 0. The van der Waals surface area contributed by atoms with Crippen molar-refractivity contribution in [1.82, 2.24) is 0 Å². The molecule has 0 aliphatic heterocycles. The molecule has 1 N–H and O–H groups in total. The van der Waals surface area contributed by atoms with Crippen LogP contribution in [0.2, 0.25) is 0 Å². The third kappa shape index (κ3) is 2.86. The zero-order chi connectivity index (χ0) is 10.6. The van der Waals surface area contributed by atoms with Crippen molar-refractivity contribution in [3.05, 3.63) is 23.7 Å². The second-order valence-corrected chi connectivity index (χ2v) is 4.30. The Hall–Kier alpha value is -0.800. The van der Waals surface area contributed by atoms with Gasteiger partial charge >= 0.3 is 0 Å². The Balaban J connectivity index is 2.70. The first-order chi connectivity index (χ1) is 6.59. The second-order valence-electron chi connectivity index (χ2n) is 4.30. The predicted octanol–water partition coefficient (Wildman–Crippen LogP) is 1.99. The van der Waals surface area contributed by atoms with Gasteiger partial charge in [-0.3, -0.25) is 0 Å². The Labute approximate surface area is 84.7 Å². The highest BCUT2D eigenvalue weighted by Crippen LogP contribution is 2.24. The summed E-state index contributed by atoms with van der Waals surface area (Å²) in [6.45, 7) is 4.73. The number of hydrogen-bond acceptors (Lipinski definition) is 3. The summed E-state index contributed by atoms with van der Waals surface area (Å²) in [7, 11) is 1.66. The fourth-order valence-electron chi connectivity index (χ4n) is 1.30. The van der Waals surface area contributed by atoms with Crippen molar-refractivity contribution in [2.75, 3.05) is 13.7 Å². The van der Waals surface area contributed by atoms with E-state index >= 15 is 0 Å². The Bertz CT molecular complexity index is 276. The normalized spacial score (nSPS) is 12.0. The van der Waals surface area contributed by atoms with Gasteiger partial charge in [-0.1, -0.05) is 13.8 Å². The first-order valence-corrected chi connectivity index (χ1v) is 4.74. The van der Waals surface area contributed by atoms with Gasteiger partial charge in [0.05, 0.1) is 12.9 Å². The van der Waals surface area contributed by atoms with E-state index in [9.17, 15) is 0 Å². The molecule has 1 aromatic heterocycles. The summed E-state index contributed by atoms with van der Waals surface area (Å²) >= 11 is 0. The quantitative estimate of drug-likeness (QED) is 0.786. The van der Waals surface area contributed by atoms with Crippen LogP contribution < -0.4 is 0 Å². The van der Waals surface area contributed by atoms with Crippen molar-refractivity contribution in [3.63, 3.8) is 0 Å². The molecule has 0 spiro atoms. The predicted molar refractivity (Wildman–Crippen MR) is 54.0 cm³/mol. The van der Waals surface area contributed by atoms with Crippen LogP contribution >= 0.6 is 0 Å². The summed E-state index contributed by atoms with van der Waals surface area (Å²) in [6, 6.07) is 1.91. The van der Waals surface area contributed by atoms with Crippen LogP contribution in [0.4, 0.5) is 0 Å². The van der Waals surface area contributed by atoms with E-state index < -0.39 is 0 Å². The molecule has 1 rings (SSSR count). The molecular weight excluding hydrogens is 180 g/mol. The lowest BCUT2D eigenvalue weighted by Gasteiger charge is -2.20. The molecule has 3 heteroatoms. The van der Waals surface area contributed by atoms with Gasteiger partial charge in [-0.15, -0.1) is 0 Å². The molecule has 0 aliphatic carbocycles. The molecule has 80 valence electrons. The maximum absolute atomic E-state index is 9.14. The van der Waals surface area contributed by atoms with Gasteiger partial charge < -0.3 is 14.3 Å². The van der Waals surface area contributed by atoms with Gasteiger partial charge in [0.25, 0.3) is 0 Å². The van der Waals surface area contributed by atoms with E-state index in [2.05, 4.69) is 0 Å². The highest BCUT2D eigenvalue weighted by Gasteiger charge is 2.20. The molecule has 3 nitrogen and oxygen atoms in total. The first-order valence-electron chi connectivity index (χ1n) is 4.74. The summed E-state index contributed by atoms with van der Waals surface area (Å²) in [6.07, 6.45) is 2.40. The van der Waals surface area contributed by atoms with Gasteiger partial charge in [0.15, 0.2) is 0 Å². The minimum absolute atomic E-state index is 0.139. The Morgan fingerprint density at radius 3 is 2.79 bits per heavy atom. The summed E-state index contributed by atoms with van der Waals surface area (Å²) in [5, 5.41) is 9.14. The number of hydrogen-bond donors (Lipinski definition) is 1. The average molecular weight is 198 g/mol. The van der Waals surface area contributed by atoms with Gasteiger partial charge in [-0.05, 0) is 11.5 Å². The van der Waals surface area contributed by atoms with Crippen LogP contribution in [0.3, 0.4) is 0 Å². The van der Waals surface area contributed by atoms with Crippen LogP contribution in [-0.4, -0.2) is 18.8 Å². The SMILES string of the molecule is COCc1ccoc1CC(C)(C)CO. The zero-order valence-corrected chi connectivity index (χ0v) is 9.04. The van der Waals surface area contributed by atoms with Crippen molar-refractivity contribution in [3.8, 4) is 0 Å². The number of aliphatic hydroxyl groups excluding tert-OH is 1. The fraction of sp³-hybridized carbons (Fsp3) is 0.636. The van der Waals surface area contributed by atoms with Crippen molar-refractivity contribution in [2.45, 2.75) is 26.9 Å². The van der Waals surface area contributed by atoms with E-state index in [0.29, 0.717) is 6.61 Å². The van der Waals surface area contributed by atoms with Crippen LogP contribution in [0.1, 0.15) is 25.2 Å². The van der Waals surface area contributed by atoms with Crippen molar-refractivity contribution < 1.29 is 14.3 Å². The fourth-order valence-corrected chi connectivity index (χ4v) is 1.30. The smallest absolute Gasteiger partial charge is 0.109 e. The van der Waals surface area contributed by atoms with Crippen LogP contribution in [0, 0.1) is 5.41 Å². The topological polar surface area (TPSA) is 42.6 Å². The van der Waals surface area contributed by atoms with Crippen LogP contribution in [0.5, 0.6) is 0 Å². The summed E-state index contributed by atoms with van der Waals surface area (Å²) < 4.78 is 10.4. The van der Waals surface area contributed by atoms with Crippen molar-refractivity contribution in [2.24, 2.45) is 5.41 Å². The number of rotatable bonds is 5. The highest BCUT2D eigenvalue weighted by molar-refractivity contribution is 5.17. The van der Waals surface area contributed by atoms with Crippen molar-refractivity contribution in [1.29, 1.82) is 0 Å². The summed E-state index contributed by atoms with van der Waals surface area (Å²) in [5.74, 6) is 0.908. The second kappa shape index (κ2) is 4.62. The third-order valence-electron chi connectivity index (χ3n) is 2.20. The Morgan fingerprint density at radius 1 is 1.50 bits per heavy atom. The van der Waals surface area contributed by atoms with Gasteiger partial charge in [0, 0.05) is 25.7 Å². The lowest BCUT2D eigenvalue weighted by atomic mass is 9.88. The highest BCUT2D eigenvalue weighted by atomic mass is 16.5. The number of methoxy groups -OCH3 is 1. The molecule has 0 aromatic carbocycles. The molecule has 0 saturated carbocycles. The van der Waals surface area contributed by atoms with Gasteiger partial charge in [0.2, 0.25) is 0 Å². The maximum Gasteiger partial charge on any atom is 0.109 e. The Kier molecular flexibility index (Phi) is 3.72. The molecule has 0 unspecified atom stereocenters. The number of ether oxygens (including phenoxy) is 1. The molecular formula is C11H18O3. The van der Waals surface area contributed by atoms with Crippen LogP contribution in [0.25, 0.3) is 0 Å². The molecule has 14 heavy (non-hydrogen) atoms. The largest absolute Gasteiger partial charge is 0.469 e.